The summed E-state index contributed by atoms with van der Waals surface area (Å²) >= 11 is 0. The number of hydrogen-bond donors (Lipinski definition) is 2. The Balaban J connectivity index is 1.66. The molecule has 0 bridgehead atoms. The van der Waals surface area contributed by atoms with Crippen LogP contribution in [-0.4, -0.2) is 21.8 Å². The zero-order valence-electron chi connectivity index (χ0n) is 16.5. The summed E-state index contributed by atoms with van der Waals surface area (Å²) in [5.41, 5.74) is 2.19. The van der Waals surface area contributed by atoms with Gasteiger partial charge in [0.15, 0.2) is 5.78 Å². The normalized spacial score (nSPS) is 15.9. The summed E-state index contributed by atoms with van der Waals surface area (Å²) in [6.45, 7) is 0. The molecule has 3 aromatic rings. The molecule has 1 aliphatic carbocycles. The molecule has 156 valence electrons. The van der Waals surface area contributed by atoms with E-state index in [-0.39, 0.29) is 5.56 Å². The number of aromatic amines is 1. The second-order valence-electron chi connectivity index (χ2n) is 8.03. The molecule has 1 heterocycles. The predicted molar refractivity (Wildman–Crippen MR) is 110 cm³/mol. The van der Waals surface area contributed by atoms with Crippen LogP contribution in [0.2, 0.25) is 0 Å². The van der Waals surface area contributed by atoms with Gasteiger partial charge in [0.05, 0.1) is 11.5 Å². The molecular weight excluding hydrogens is 388 g/mol. The summed E-state index contributed by atoms with van der Waals surface area (Å²) in [5.74, 6) is -4.26. The fraction of sp³-hybridized carbons (Fsp3) is 0.333. The molecule has 0 amide bonds. The Kier molecular flexibility index (Phi) is 5.66. The molecule has 2 N–H and O–H groups in total. The van der Waals surface area contributed by atoms with Crippen LogP contribution in [0.25, 0.3) is 10.9 Å². The highest BCUT2D eigenvalue weighted by Crippen LogP contribution is 2.36. The zero-order chi connectivity index (χ0) is 21.3. The molecule has 1 unspecified atom stereocenters. The number of benzene rings is 2. The number of carboxylic acids is 1. The van der Waals surface area contributed by atoms with Gasteiger partial charge in [-0.15, -0.1) is 0 Å². The van der Waals surface area contributed by atoms with E-state index in [0.29, 0.717) is 17.5 Å². The lowest BCUT2D eigenvalue weighted by Gasteiger charge is -2.22. The third-order valence-corrected chi connectivity index (χ3v) is 6.11. The monoisotopic (exact) mass is 411 g/mol. The van der Waals surface area contributed by atoms with Crippen molar-refractivity contribution in [2.75, 3.05) is 0 Å². The Bertz CT molecular complexity index is 1100. The molecule has 4 nitrogen and oxygen atoms in total. The minimum Gasteiger partial charge on any atom is -0.481 e. The number of aromatic nitrogens is 1. The van der Waals surface area contributed by atoms with Crippen molar-refractivity contribution in [3.05, 3.63) is 70.9 Å². The van der Waals surface area contributed by atoms with Gasteiger partial charge in [-0.3, -0.25) is 9.59 Å². The first-order chi connectivity index (χ1) is 14.4. The van der Waals surface area contributed by atoms with E-state index in [0.717, 1.165) is 35.9 Å². The lowest BCUT2D eigenvalue weighted by atomic mass is 9.83. The van der Waals surface area contributed by atoms with Gasteiger partial charge in [0.2, 0.25) is 0 Å². The number of hydrogen-bond acceptors (Lipinski definition) is 2. The number of rotatable bonds is 6. The number of halogens is 2. The van der Waals surface area contributed by atoms with Crippen LogP contribution in [0, 0.1) is 11.6 Å². The molecule has 1 aliphatic rings. The van der Waals surface area contributed by atoms with Crippen molar-refractivity contribution < 1.29 is 23.5 Å². The highest BCUT2D eigenvalue weighted by atomic mass is 19.1. The van der Waals surface area contributed by atoms with Crippen LogP contribution in [0.4, 0.5) is 8.78 Å². The maximum absolute atomic E-state index is 14.0. The lowest BCUT2D eigenvalue weighted by molar-refractivity contribution is -0.138. The number of carboxylic acid groups (broad SMARTS) is 1. The van der Waals surface area contributed by atoms with Crippen LogP contribution >= 0.6 is 0 Å². The summed E-state index contributed by atoms with van der Waals surface area (Å²) < 4.78 is 27.1. The SMILES string of the molecule is O=C(CC(C(=O)O)c1c[nH]c2ccc(C3CCCCC3)cc12)c1ccc(F)cc1F. The first kappa shape index (κ1) is 20.3. The molecular formula is C24H23F2NO3. The molecule has 0 aliphatic heterocycles. The number of ketones is 1. The van der Waals surface area contributed by atoms with Crippen molar-refractivity contribution in [1.29, 1.82) is 0 Å². The summed E-state index contributed by atoms with van der Waals surface area (Å²) in [7, 11) is 0. The number of carbonyl (C=O) groups is 2. The minimum atomic E-state index is -1.16. The second-order valence-corrected chi connectivity index (χ2v) is 8.03. The molecule has 0 spiro atoms. The highest BCUT2D eigenvalue weighted by molar-refractivity contribution is 6.00. The Labute approximate surface area is 172 Å². The molecule has 1 atom stereocenters. The largest absolute Gasteiger partial charge is 0.481 e. The second kappa shape index (κ2) is 8.38. The summed E-state index contributed by atoms with van der Waals surface area (Å²) in [5, 5.41) is 10.6. The minimum absolute atomic E-state index is 0.301. The van der Waals surface area contributed by atoms with E-state index >= 15 is 0 Å². The van der Waals surface area contributed by atoms with Gasteiger partial charge in [0.1, 0.15) is 11.6 Å². The molecule has 30 heavy (non-hydrogen) atoms. The average molecular weight is 411 g/mol. The van der Waals surface area contributed by atoms with Crippen LogP contribution in [0.15, 0.2) is 42.6 Å². The average Bonchev–Trinajstić information content (AvgIpc) is 3.15. The zero-order valence-corrected chi connectivity index (χ0v) is 16.5. The third-order valence-electron chi connectivity index (χ3n) is 6.11. The summed E-state index contributed by atoms with van der Waals surface area (Å²) in [6, 6.07) is 8.73. The summed E-state index contributed by atoms with van der Waals surface area (Å²) in [6.07, 6.45) is 7.08. The number of nitrogens with one attached hydrogen (secondary N) is 1. The van der Waals surface area contributed by atoms with Crippen LogP contribution in [0.5, 0.6) is 0 Å². The van der Waals surface area contributed by atoms with Gasteiger partial charge >= 0.3 is 5.97 Å². The topological polar surface area (TPSA) is 70.2 Å². The van der Waals surface area contributed by atoms with Crippen molar-refractivity contribution in [3.63, 3.8) is 0 Å². The third kappa shape index (κ3) is 3.99. The standard InChI is InChI=1S/C24H23F2NO3/c25-16-7-8-17(21(26)11-16)23(28)12-19(24(29)30)20-13-27-22-9-6-15(10-18(20)22)14-4-2-1-3-5-14/h6-11,13-14,19,27H,1-5,12H2,(H,29,30). The summed E-state index contributed by atoms with van der Waals surface area (Å²) in [4.78, 5) is 27.7. The molecule has 0 saturated heterocycles. The van der Waals surface area contributed by atoms with E-state index in [9.17, 15) is 23.5 Å². The van der Waals surface area contributed by atoms with Crippen molar-refractivity contribution >= 4 is 22.7 Å². The van der Waals surface area contributed by atoms with Crippen LogP contribution < -0.4 is 0 Å². The van der Waals surface area contributed by atoms with E-state index in [4.69, 9.17) is 0 Å². The number of H-pyrrole nitrogens is 1. The maximum Gasteiger partial charge on any atom is 0.311 e. The van der Waals surface area contributed by atoms with Gasteiger partial charge in [0, 0.05) is 29.6 Å². The van der Waals surface area contributed by atoms with Gasteiger partial charge < -0.3 is 10.1 Å². The Morgan fingerprint density at radius 2 is 1.83 bits per heavy atom. The first-order valence-electron chi connectivity index (χ1n) is 10.3. The van der Waals surface area contributed by atoms with Crippen LogP contribution in [0.1, 0.15) is 71.8 Å². The molecule has 4 rings (SSSR count). The number of carbonyl (C=O) groups excluding carboxylic acids is 1. The van der Waals surface area contributed by atoms with Crippen LogP contribution in [0.3, 0.4) is 0 Å². The number of fused-ring (bicyclic) bond motifs is 1. The molecule has 1 aromatic heterocycles. The molecule has 1 fully saturated rings. The van der Waals surface area contributed by atoms with Gasteiger partial charge in [0.25, 0.3) is 0 Å². The van der Waals surface area contributed by atoms with E-state index < -0.39 is 35.7 Å². The molecule has 6 heteroatoms. The highest BCUT2D eigenvalue weighted by Gasteiger charge is 2.28. The predicted octanol–water partition coefficient (Wildman–Crippen LogP) is 5.94. The fourth-order valence-electron chi connectivity index (χ4n) is 4.48. The first-order valence-corrected chi connectivity index (χ1v) is 10.3. The van der Waals surface area contributed by atoms with Crippen molar-refractivity contribution in [1.82, 2.24) is 4.98 Å². The smallest absolute Gasteiger partial charge is 0.311 e. The Morgan fingerprint density at radius 1 is 1.07 bits per heavy atom. The Hall–Kier alpha value is -3.02. The molecule has 1 saturated carbocycles. The quantitative estimate of drug-likeness (QED) is 0.494. The van der Waals surface area contributed by atoms with Gasteiger partial charge in [-0.1, -0.05) is 25.3 Å². The molecule has 0 radical (unpaired) electrons. The van der Waals surface area contributed by atoms with Gasteiger partial charge in [-0.25, -0.2) is 8.78 Å². The van der Waals surface area contributed by atoms with E-state index in [1.165, 1.54) is 24.8 Å². The Morgan fingerprint density at radius 3 is 2.53 bits per heavy atom. The van der Waals surface area contributed by atoms with E-state index in [1.807, 2.05) is 12.1 Å². The fourth-order valence-corrected chi connectivity index (χ4v) is 4.48. The van der Waals surface area contributed by atoms with Gasteiger partial charge in [-0.05, 0) is 54.2 Å². The molecule has 2 aromatic carbocycles. The van der Waals surface area contributed by atoms with Crippen LogP contribution in [-0.2, 0) is 4.79 Å². The van der Waals surface area contributed by atoms with Crippen molar-refractivity contribution in [2.45, 2.75) is 50.4 Å². The van der Waals surface area contributed by atoms with E-state index in [1.54, 1.807) is 6.20 Å². The lowest BCUT2D eigenvalue weighted by Crippen LogP contribution is -2.17. The van der Waals surface area contributed by atoms with Crippen molar-refractivity contribution in [3.8, 4) is 0 Å². The van der Waals surface area contributed by atoms with E-state index in [2.05, 4.69) is 11.1 Å². The number of Topliss-reactive ketones (excluding diaryl/α,β-unsaturated/α-hetero) is 1. The number of aliphatic carboxylic acids is 1. The maximum atomic E-state index is 14.0. The van der Waals surface area contributed by atoms with Gasteiger partial charge in [-0.2, -0.15) is 0 Å². The van der Waals surface area contributed by atoms with Crippen molar-refractivity contribution in [2.24, 2.45) is 0 Å².